The molecule has 1 unspecified atom stereocenters. The number of ether oxygens (including phenoxy) is 1. The zero-order chi connectivity index (χ0) is 26.5. The molecule has 198 valence electrons. The maximum atomic E-state index is 12.1. The van der Waals surface area contributed by atoms with Gasteiger partial charge in [0, 0.05) is 49.7 Å². The number of primary amides is 1. The standard InChI is InChI=1S/C27H33N9O2/c1-3-38-22-12-10-19(11-13-22)30-21-5-4-15-36(17-21)27-32-25(23(24(28)37)33-34-27)31-20-8-6-18(7-9-20)26-29-14-16-35(26)2/h6-13,21,30H,3-5,14-17H2,1-2H3,(H2,28,37)(H,31,32,34). The van der Waals surface area contributed by atoms with Crippen LogP contribution < -0.4 is 26.0 Å². The molecule has 1 atom stereocenters. The van der Waals surface area contributed by atoms with E-state index in [1.54, 1.807) is 0 Å². The number of aliphatic imine (C=N–C) groups is 1. The maximum Gasteiger partial charge on any atom is 0.273 e. The van der Waals surface area contributed by atoms with E-state index in [0.717, 1.165) is 61.0 Å². The molecule has 38 heavy (non-hydrogen) atoms. The number of amidine groups is 1. The molecule has 3 heterocycles. The Bertz CT molecular complexity index is 1290. The Morgan fingerprint density at radius 1 is 1.08 bits per heavy atom. The number of hydrogen-bond acceptors (Lipinski definition) is 10. The highest BCUT2D eigenvalue weighted by molar-refractivity contribution is 6.00. The van der Waals surface area contributed by atoms with E-state index in [2.05, 4.69) is 40.6 Å². The fourth-order valence-electron chi connectivity index (χ4n) is 4.71. The fraction of sp³-hybridized carbons (Fsp3) is 0.370. The van der Waals surface area contributed by atoms with Crippen LogP contribution in [0.3, 0.4) is 0 Å². The summed E-state index contributed by atoms with van der Waals surface area (Å²) in [7, 11) is 2.03. The second-order valence-electron chi connectivity index (χ2n) is 9.39. The molecule has 2 aliphatic rings. The number of benzene rings is 2. The summed E-state index contributed by atoms with van der Waals surface area (Å²) in [5.41, 5.74) is 8.41. The molecule has 0 spiro atoms. The molecule has 3 aromatic rings. The molecule has 11 nitrogen and oxygen atoms in total. The van der Waals surface area contributed by atoms with Crippen LogP contribution in [0.1, 0.15) is 35.8 Å². The Morgan fingerprint density at radius 3 is 2.53 bits per heavy atom. The van der Waals surface area contributed by atoms with E-state index in [0.29, 0.717) is 19.1 Å². The molecule has 0 radical (unpaired) electrons. The van der Waals surface area contributed by atoms with E-state index in [4.69, 9.17) is 10.5 Å². The predicted octanol–water partition coefficient (Wildman–Crippen LogP) is 2.89. The van der Waals surface area contributed by atoms with Crippen molar-refractivity contribution in [3.63, 3.8) is 0 Å². The van der Waals surface area contributed by atoms with Gasteiger partial charge in [0.25, 0.3) is 5.91 Å². The summed E-state index contributed by atoms with van der Waals surface area (Å²) in [4.78, 5) is 25.5. The lowest BCUT2D eigenvalue weighted by molar-refractivity contribution is 0.0995. The van der Waals surface area contributed by atoms with Gasteiger partial charge in [-0.05, 0) is 68.3 Å². The van der Waals surface area contributed by atoms with Crippen LogP contribution in [0.4, 0.5) is 23.1 Å². The van der Waals surface area contributed by atoms with Crippen LogP contribution in [0, 0.1) is 0 Å². The van der Waals surface area contributed by atoms with Gasteiger partial charge < -0.3 is 30.9 Å². The lowest BCUT2D eigenvalue weighted by Crippen LogP contribution is -2.43. The molecule has 1 aromatic heterocycles. The smallest absolute Gasteiger partial charge is 0.273 e. The Hall–Kier alpha value is -4.41. The van der Waals surface area contributed by atoms with Gasteiger partial charge in [0.15, 0.2) is 11.5 Å². The van der Waals surface area contributed by atoms with Crippen molar-refractivity contribution in [3.8, 4) is 5.75 Å². The molecule has 2 aromatic carbocycles. The normalized spacial score (nSPS) is 17.2. The lowest BCUT2D eigenvalue weighted by atomic mass is 10.1. The number of piperidine rings is 1. The number of nitrogens with zero attached hydrogens (tertiary/aromatic N) is 6. The number of carbonyl (C=O) groups is 1. The van der Waals surface area contributed by atoms with Gasteiger partial charge in [-0.1, -0.05) is 0 Å². The van der Waals surface area contributed by atoms with E-state index in [-0.39, 0.29) is 17.6 Å². The van der Waals surface area contributed by atoms with Crippen LogP contribution >= 0.6 is 0 Å². The fourth-order valence-corrected chi connectivity index (χ4v) is 4.71. The van der Waals surface area contributed by atoms with Crippen LogP contribution in [-0.4, -0.2) is 77.7 Å². The van der Waals surface area contributed by atoms with Crippen LogP contribution in [-0.2, 0) is 0 Å². The molecule has 1 amide bonds. The van der Waals surface area contributed by atoms with Crippen molar-refractivity contribution in [1.29, 1.82) is 0 Å². The molecule has 0 bridgehead atoms. The zero-order valence-corrected chi connectivity index (χ0v) is 21.7. The summed E-state index contributed by atoms with van der Waals surface area (Å²) in [5.74, 6) is 1.87. The summed E-state index contributed by atoms with van der Waals surface area (Å²) in [6.07, 6.45) is 1.99. The van der Waals surface area contributed by atoms with Crippen molar-refractivity contribution in [2.75, 3.05) is 55.4 Å². The lowest BCUT2D eigenvalue weighted by Gasteiger charge is -2.33. The van der Waals surface area contributed by atoms with Gasteiger partial charge in [0.2, 0.25) is 5.95 Å². The third-order valence-corrected chi connectivity index (χ3v) is 6.61. The highest BCUT2D eigenvalue weighted by atomic mass is 16.5. The second-order valence-corrected chi connectivity index (χ2v) is 9.39. The molecule has 0 aliphatic carbocycles. The first-order valence-corrected chi connectivity index (χ1v) is 12.9. The molecule has 2 aliphatic heterocycles. The van der Waals surface area contributed by atoms with Crippen molar-refractivity contribution in [2.24, 2.45) is 10.7 Å². The Labute approximate surface area is 222 Å². The first kappa shape index (κ1) is 25.2. The van der Waals surface area contributed by atoms with Crippen molar-refractivity contribution >= 4 is 34.9 Å². The number of amides is 1. The van der Waals surface area contributed by atoms with Gasteiger partial charge in [0.1, 0.15) is 11.6 Å². The van der Waals surface area contributed by atoms with E-state index >= 15 is 0 Å². The van der Waals surface area contributed by atoms with Crippen LogP contribution in [0.2, 0.25) is 0 Å². The van der Waals surface area contributed by atoms with E-state index < -0.39 is 5.91 Å². The largest absolute Gasteiger partial charge is 0.494 e. The summed E-state index contributed by atoms with van der Waals surface area (Å²) < 4.78 is 5.53. The molecule has 0 saturated carbocycles. The maximum absolute atomic E-state index is 12.1. The van der Waals surface area contributed by atoms with Gasteiger partial charge in [0.05, 0.1) is 13.2 Å². The Balaban J connectivity index is 1.30. The number of anilines is 4. The minimum absolute atomic E-state index is 0.00111. The molecule has 5 rings (SSSR count). The molecule has 1 saturated heterocycles. The first-order valence-electron chi connectivity index (χ1n) is 12.9. The topological polar surface area (TPSA) is 134 Å². The summed E-state index contributed by atoms with van der Waals surface area (Å²) in [6.45, 7) is 5.83. The van der Waals surface area contributed by atoms with Crippen LogP contribution in [0.5, 0.6) is 5.75 Å². The monoisotopic (exact) mass is 515 g/mol. The van der Waals surface area contributed by atoms with E-state index in [1.165, 1.54) is 0 Å². The van der Waals surface area contributed by atoms with Gasteiger partial charge in [-0.25, -0.2) is 0 Å². The molecular weight excluding hydrogens is 482 g/mol. The van der Waals surface area contributed by atoms with Crippen molar-refractivity contribution in [3.05, 3.63) is 59.8 Å². The number of rotatable bonds is 9. The molecule has 4 N–H and O–H groups in total. The third kappa shape index (κ3) is 5.77. The van der Waals surface area contributed by atoms with E-state index in [1.807, 2.05) is 62.5 Å². The Morgan fingerprint density at radius 2 is 1.84 bits per heavy atom. The van der Waals surface area contributed by atoms with Gasteiger partial charge in [-0.15, -0.1) is 10.2 Å². The number of carbonyl (C=O) groups excluding carboxylic acids is 1. The molecule has 11 heteroatoms. The first-order chi connectivity index (χ1) is 18.5. The number of aromatic nitrogens is 3. The van der Waals surface area contributed by atoms with E-state index in [9.17, 15) is 4.79 Å². The van der Waals surface area contributed by atoms with Crippen molar-refractivity contribution in [1.82, 2.24) is 20.1 Å². The van der Waals surface area contributed by atoms with Gasteiger partial charge >= 0.3 is 0 Å². The van der Waals surface area contributed by atoms with Crippen LogP contribution in [0.25, 0.3) is 0 Å². The number of nitrogens with one attached hydrogen (secondary N) is 2. The predicted molar refractivity (Wildman–Crippen MR) is 149 cm³/mol. The highest BCUT2D eigenvalue weighted by Gasteiger charge is 2.24. The number of nitrogens with two attached hydrogens (primary N) is 1. The molecular formula is C27H33N9O2. The number of likely N-dealkylation sites (N-methyl/N-ethyl adjacent to an activating group) is 1. The second kappa shape index (κ2) is 11.3. The van der Waals surface area contributed by atoms with Gasteiger partial charge in [-0.3, -0.25) is 9.79 Å². The average Bonchev–Trinajstić information content (AvgIpc) is 3.36. The number of hydrogen-bond donors (Lipinski definition) is 3. The minimum atomic E-state index is -0.689. The highest BCUT2D eigenvalue weighted by Crippen LogP contribution is 2.24. The Kier molecular flexibility index (Phi) is 7.52. The summed E-state index contributed by atoms with van der Waals surface area (Å²) in [6, 6.07) is 16.0. The SMILES string of the molecule is CCOc1ccc(NC2CCCN(c3nnc(C(N)=O)c(Nc4ccc(C5=NCCN5C)cc4)n3)C2)cc1. The average molecular weight is 516 g/mol. The zero-order valence-electron chi connectivity index (χ0n) is 21.7. The molecule has 1 fully saturated rings. The van der Waals surface area contributed by atoms with Crippen LogP contribution in [0.15, 0.2) is 53.5 Å². The van der Waals surface area contributed by atoms with Crippen molar-refractivity contribution < 1.29 is 9.53 Å². The summed E-state index contributed by atoms with van der Waals surface area (Å²) in [5, 5.41) is 15.2. The van der Waals surface area contributed by atoms with Crippen molar-refractivity contribution in [2.45, 2.75) is 25.8 Å². The third-order valence-electron chi connectivity index (χ3n) is 6.61. The quantitative estimate of drug-likeness (QED) is 0.393. The minimum Gasteiger partial charge on any atom is -0.494 e. The van der Waals surface area contributed by atoms with Gasteiger partial charge in [-0.2, -0.15) is 4.98 Å². The summed E-state index contributed by atoms with van der Waals surface area (Å²) >= 11 is 0.